The number of nitrogens with zero attached hydrogens (tertiary/aromatic N) is 2. The number of hydrogen-bond donors (Lipinski definition) is 2. The summed E-state index contributed by atoms with van der Waals surface area (Å²) < 4.78 is 18.4. The van der Waals surface area contributed by atoms with Crippen molar-refractivity contribution in [1.29, 1.82) is 0 Å². The maximum Gasteiger partial charge on any atom is 0.158 e. The van der Waals surface area contributed by atoms with Gasteiger partial charge in [0.05, 0.1) is 0 Å². The van der Waals surface area contributed by atoms with Crippen molar-refractivity contribution >= 4 is 28.9 Å². The highest BCUT2D eigenvalue weighted by molar-refractivity contribution is 6.30. The second-order valence-corrected chi connectivity index (χ2v) is 4.74. The fourth-order valence-electron chi connectivity index (χ4n) is 1.80. The van der Waals surface area contributed by atoms with E-state index in [1.54, 1.807) is 19.2 Å². The quantitative estimate of drug-likeness (QED) is 0.854. The smallest absolute Gasteiger partial charge is 0.158 e. The van der Waals surface area contributed by atoms with Crippen LogP contribution >= 0.6 is 11.6 Å². The van der Waals surface area contributed by atoms with Crippen molar-refractivity contribution in [3.63, 3.8) is 0 Å². The number of methoxy groups -OCH3 is 1. The predicted octanol–water partition coefficient (Wildman–Crippen LogP) is 3.59. The Morgan fingerprint density at radius 1 is 1.19 bits per heavy atom. The Hall–Kier alpha value is -1.92. The fraction of sp³-hybridized carbons (Fsp3) is 0.286. The van der Waals surface area contributed by atoms with Gasteiger partial charge in [-0.25, -0.2) is 14.4 Å². The summed E-state index contributed by atoms with van der Waals surface area (Å²) in [7, 11) is 1.57. The monoisotopic (exact) mass is 310 g/mol. The minimum absolute atomic E-state index is 0.290. The Labute approximate surface area is 127 Å². The second kappa shape index (κ2) is 7.19. The molecule has 0 saturated heterocycles. The van der Waals surface area contributed by atoms with Crippen LogP contribution in [0.25, 0.3) is 0 Å². The summed E-state index contributed by atoms with van der Waals surface area (Å²) in [6.45, 7) is 2.99. The molecule has 0 atom stereocenters. The number of hydrogen-bond acceptors (Lipinski definition) is 5. The van der Waals surface area contributed by atoms with Gasteiger partial charge in [0.25, 0.3) is 0 Å². The van der Waals surface area contributed by atoms with Gasteiger partial charge in [-0.05, 0) is 25.1 Å². The highest BCUT2D eigenvalue weighted by Crippen LogP contribution is 2.22. The van der Waals surface area contributed by atoms with E-state index in [1.165, 1.54) is 12.1 Å². The lowest BCUT2D eigenvalue weighted by Crippen LogP contribution is -2.06. The summed E-state index contributed by atoms with van der Waals surface area (Å²) in [5, 5.41) is 6.44. The van der Waals surface area contributed by atoms with Crippen LogP contribution in [0, 0.1) is 5.82 Å². The first-order valence-corrected chi connectivity index (χ1v) is 6.82. The SMILES string of the molecule is CCNc1cc(Nc2cc(F)cc(Cl)c2)nc(COC)n1. The number of rotatable bonds is 6. The molecular formula is C14H16ClFN4O. The average Bonchev–Trinajstić information content (AvgIpc) is 2.37. The molecule has 0 aliphatic rings. The Kier molecular flexibility index (Phi) is 5.30. The van der Waals surface area contributed by atoms with E-state index in [4.69, 9.17) is 16.3 Å². The lowest BCUT2D eigenvalue weighted by Gasteiger charge is -2.11. The molecule has 0 aliphatic heterocycles. The van der Waals surface area contributed by atoms with E-state index < -0.39 is 5.82 Å². The zero-order chi connectivity index (χ0) is 15.2. The summed E-state index contributed by atoms with van der Waals surface area (Å²) in [4.78, 5) is 8.61. The molecule has 2 N–H and O–H groups in total. The van der Waals surface area contributed by atoms with Crippen LogP contribution in [0.3, 0.4) is 0 Å². The molecule has 21 heavy (non-hydrogen) atoms. The van der Waals surface area contributed by atoms with Crippen LogP contribution in [-0.2, 0) is 11.3 Å². The van der Waals surface area contributed by atoms with Crippen LogP contribution in [0.2, 0.25) is 5.02 Å². The highest BCUT2D eigenvalue weighted by Gasteiger charge is 2.06. The Morgan fingerprint density at radius 3 is 2.62 bits per heavy atom. The summed E-state index contributed by atoms with van der Waals surface area (Å²) in [5.41, 5.74) is 0.518. The van der Waals surface area contributed by atoms with E-state index in [1.807, 2.05) is 6.92 Å². The van der Waals surface area contributed by atoms with E-state index in [9.17, 15) is 4.39 Å². The largest absolute Gasteiger partial charge is 0.377 e. The molecule has 0 aliphatic carbocycles. The summed E-state index contributed by atoms with van der Waals surface area (Å²) >= 11 is 5.83. The van der Waals surface area contributed by atoms with Crippen LogP contribution in [0.4, 0.5) is 21.7 Å². The van der Waals surface area contributed by atoms with E-state index in [0.717, 1.165) is 6.54 Å². The number of aromatic nitrogens is 2. The Morgan fingerprint density at radius 2 is 1.95 bits per heavy atom. The van der Waals surface area contributed by atoms with E-state index in [2.05, 4.69) is 20.6 Å². The Balaban J connectivity index is 2.28. The maximum atomic E-state index is 13.3. The van der Waals surface area contributed by atoms with Gasteiger partial charge in [-0.3, -0.25) is 0 Å². The van der Waals surface area contributed by atoms with Crippen molar-refractivity contribution in [1.82, 2.24) is 9.97 Å². The normalized spacial score (nSPS) is 10.5. The molecule has 0 radical (unpaired) electrons. The van der Waals surface area contributed by atoms with Crippen molar-refractivity contribution in [3.05, 3.63) is 40.9 Å². The first-order chi connectivity index (χ1) is 10.1. The van der Waals surface area contributed by atoms with Gasteiger partial charge in [0, 0.05) is 30.4 Å². The van der Waals surface area contributed by atoms with Crippen LogP contribution in [0.1, 0.15) is 12.7 Å². The fourth-order valence-corrected chi connectivity index (χ4v) is 2.02. The molecule has 0 bridgehead atoms. The van der Waals surface area contributed by atoms with Gasteiger partial charge in [0.1, 0.15) is 24.1 Å². The zero-order valence-electron chi connectivity index (χ0n) is 11.8. The molecular weight excluding hydrogens is 295 g/mol. The number of ether oxygens (including phenoxy) is 1. The number of nitrogens with one attached hydrogen (secondary N) is 2. The van der Waals surface area contributed by atoms with Crippen molar-refractivity contribution < 1.29 is 9.13 Å². The average molecular weight is 311 g/mol. The second-order valence-electron chi connectivity index (χ2n) is 4.30. The van der Waals surface area contributed by atoms with Gasteiger partial charge in [-0.2, -0.15) is 0 Å². The minimum Gasteiger partial charge on any atom is -0.377 e. The van der Waals surface area contributed by atoms with Gasteiger partial charge < -0.3 is 15.4 Å². The van der Waals surface area contributed by atoms with E-state index in [0.29, 0.717) is 28.2 Å². The molecule has 0 fully saturated rings. The van der Waals surface area contributed by atoms with Crippen LogP contribution < -0.4 is 10.6 Å². The molecule has 7 heteroatoms. The summed E-state index contributed by atoms with van der Waals surface area (Å²) in [6, 6.07) is 5.95. The number of halogens is 2. The predicted molar refractivity (Wildman–Crippen MR) is 81.6 cm³/mol. The van der Waals surface area contributed by atoms with E-state index >= 15 is 0 Å². The van der Waals surface area contributed by atoms with Crippen LogP contribution in [0.15, 0.2) is 24.3 Å². The Bertz CT molecular complexity index is 579. The molecule has 0 amide bonds. The van der Waals surface area contributed by atoms with Crippen molar-refractivity contribution in [2.45, 2.75) is 13.5 Å². The highest BCUT2D eigenvalue weighted by atomic mass is 35.5. The lowest BCUT2D eigenvalue weighted by molar-refractivity contribution is 0.178. The first-order valence-electron chi connectivity index (χ1n) is 6.44. The van der Waals surface area contributed by atoms with Crippen molar-refractivity contribution in [2.75, 3.05) is 24.3 Å². The molecule has 2 rings (SSSR count). The van der Waals surface area contributed by atoms with Gasteiger partial charge in [-0.1, -0.05) is 11.6 Å². The third-order valence-corrected chi connectivity index (χ3v) is 2.76. The van der Waals surface area contributed by atoms with Gasteiger partial charge >= 0.3 is 0 Å². The molecule has 1 aromatic carbocycles. The molecule has 1 heterocycles. The van der Waals surface area contributed by atoms with Crippen LogP contribution in [-0.4, -0.2) is 23.6 Å². The topological polar surface area (TPSA) is 59.1 Å². The van der Waals surface area contributed by atoms with Crippen molar-refractivity contribution in [2.24, 2.45) is 0 Å². The third-order valence-electron chi connectivity index (χ3n) is 2.54. The summed E-state index contributed by atoms with van der Waals surface area (Å²) in [5.74, 6) is 1.32. The molecule has 0 unspecified atom stereocenters. The molecule has 0 saturated carbocycles. The lowest BCUT2D eigenvalue weighted by atomic mass is 10.3. The maximum absolute atomic E-state index is 13.3. The minimum atomic E-state index is -0.414. The van der Waals surface area contributed by atoms with E-state index in [-0.39, 0.29) is 6.61 Å². The van der Waals surface area contributed by atoms with Crippen molar-refractivity contribution in [3.8, 4) is 0 Å². The van der Waals surface area contributed by atoms with Gasteiger partial charge in [-0.15, -0.1) is 0 Å². The number of benzene rings is 1. The molecule has 2 aromatic rings. The summed E-state index contributed by atoms with van der Waals surface area (Å²) in [6.07, 6.45) is 0. The van der Waals surface area contributed by atoms with Crippen LogP contribution in [0.5, 0.6) is 0 Å². The third kappa shape index (κ3) is 4.54. The zero-order valence-corrected chi connectivity index (χ0v) is 12.5. The molecule has 112 valence electrons. The van der Waals surface area contributed by atoms with Gasteiger partial charge in [0.15, 0.2) is 5.82 Å². The number of anilines is 3. The van der Waals surface area contributed by atoms with Gasteiger partial charge in [0.2, 0.25) is 0 Å². The molecule has 1 aromatic heterocycles. The first kappa shape index (κ1) is 15.5. The standard InChI is InChI=1S/C14H16ClFN4O/c1-3-17-12-7-13(20-14(19-12)8-21-2)18-11-5-9(15)4-10(16)6-11/h4-7H,3,8H2,1-2H3,(H2,17,18,19,20). The molecule has 0 spiro atoms. The molecule has 5 nitrogen and oxygen atoms in total.